The van der Waals surface area contributed by atoms with Crippen LogP contribution in [0.5, 0.6) is 0 Å². The molecule has 0 fully saturated rings. The topological polar surface area (TPSA) is 63.3 Å². The fourth-order valence-corrected chi connectivity index (χ4v) is 1.41. The summed E-state index contributed by atoms with van der Waals surface area (Å²) in [6.45, 7) is 4.30. The fraction of sp³-hybridized carbons (Fsp3) is 0.417. The SMILES string of the molecule is CC(CN)c1cccc(C(C)C(=O)O)c1. The van der Waals surface area contributed by atoms with Crippen LogP contribution in [0.2, 0.25) is 0 Å². The van der Waals surface area contributed by atoms with Gasteiger partial charge in [-0.25, -0.2) is 0 Å². The Hall–Kier alpha value is -1.35. The van der Waals surface area contributed by atoms with Crippen LogP contribution in [0.15, 0.2) is 24.3 Å². The van der Waals surface area contributed by atoms with E-state index < -0.39 is 11.9 Å². The second-order valence-electron chi connectivity index (χ2n) is 3.87. The zero-order chi connectivity index (χ0) is 11.4. The first-order valence-electron chi connectivity index (χ1n) is 5.09. The number of benzene rings is 1. The third-order valence-corrected chi connectivity index (χ3v) is 2.70. The molecule has 0 aliphatic heterocycles. The number of nitrogens with two attached hydrogens (primary N) is 1. The Morgan fingerprint density at radius 1 is 1.40 bits per heavy atom. The number of aliphatic carboxylic acids is 1. The van der Waals surface area contributed by atoms with Crippen molar-refractivity contribution in [2.75, 3.05) is 6.54 Å². The lowest BCUT2D eigenvalue weighted by Gasteiger charge is -2.12. The van der Waals surface area contributed by atoms with Crippen LogP contribution in [0.25, 0.3) is 0 Å². The van der Waals surface area contributed by atoms with E-state index in [1.807, 2.05) is 31.2 Å². The predicted molar refractivity (Wildman–Crippen MR) is 60.0 cm³/mol. The molecule has 2 unspecified atom stereocenters. The molecule has 0 aliphatic rings. The lowest BCUT2D eigenvalue weighted by atomic mass is 9.94. The molecule has 1 aromatic rings. The van der Waals surface area contributed by atoms with Crippen LogP contribution in [0.4, 0.5) is 0 Å². The van der Waals surface area contributed by atoms with Gasteiger partial charge in [0.05, 0.1) is 5.92 Å². The number of hydrogen-bond donors (Lipinski definition) is 2. The van der Waals surface area contributed by atoms with Gasteiger partial charge in [-0.2, -0.15) is 0 Å². The first kappa shape index (κ1) is 11.7. The molecule has 0 saturated heterocycles. The van der Waals surface area contributed by atoms with Gasteiger partial charge in [0.1, 0.15) is 0 Å². The maximum atomic E-state index is 10.8. The number of hydrogen-bond acceptors (Lipinski definition) is 2. The third-order valence-electron chi connectivity index (χ3n) is 2.70. The van der Waals surface area contributed by atoms with E-state index in [2.05, 4.69) is 0 Å². The van der Waals surface area contributed by atoms with E-state index in [-0.39, 0.29) is 5.92 Å². The molecule has 0 radical (unpaired) electrons. The normalized spacial score (nSPS) is 14.6. The van der Waals surface area contributed by atoms with E-state index in [1.165, 1.54) is 0 Å². The van der Waals surface area contributed by atoms with Gasteiger partial charge in [-0.1, -0.05) is 31.2 Å². The summed E-state index contributed by atoms with van der Waals surface area (Å²) >= 11 is 0. The van der Waals surface area contributed by atoms with Crippen molar-refractivity contribution in [3.63, 3.8) is 0 Å². The summed E-state index contributed by atoms with van der Waals surface area (Å²) in [5, 5.41) is 8.90. The average molecular weight is 207 g/mol. The molecule has 0 heterocycles. The van der Waals surface area contributed by atoms with Gasteiger partial charge in [0.2, 0.25) is 0 Å². The van der Waals surface area contributed by atoms with E-state index in [1.54, 1.807) is 6.92 Å². The van der Waals surface area contributed by atoms with Crippen molar-refractivity contribution in [1.82, 2.24) is 0 Å². The Balaban J connectivity index is 2.97. The Morgan fingerprint density at radius 2 is 2.00 bits per heavy atom. The van der Waals surface area contributed by atoms with Crippen molar-refractivity contribution in [2.45, 2.75) is 25.7 Å². The minimum Gasteiger partial charge on any atom is -0.481 e. The molecule has 0 aromatic heterocycles. The summed E-state index contributed by atoms with van der Waals surface area (Å²) < 4.78 is 0. The van der Waals surface area contributed by atoms with E-state index >= 15 is 0 Å². The standard InChI is InChI=1S/C12H17NO2/c1-8(7-13)10-4-3-5-11(6-10)9(2)12(14)15/h3-6,8-9H,7,13H2,1-2H3,(H,14,15). The Bertz CT molecular complexity index is 349. The zero-order valence-electron chi connectivity index (χ0n) is 9.10. The second-order valence-corrected chi connectivity index (χ2v) is 3.87. The molecule has 1 aromatic carbocycles. The fourth-order valence-electron chi connectivity index (χ4n) is 1.41. The molecule has 0 aliphatic carbocycles. The van der Waals surface area contributed by atoms with Crippen LogP contribution in [-0.4, -0.2) is 17.6 Å². The second kappa shape index (κ2) is 4.94. The van der Waals surface area contributed by atoms with Crippen molar-refractivity contribution in [3.05, 3.63) is 35.4 Å². The molecule has 3 nitrogen and oxygen atoms in total. The first-order valence-corrected chi connectivity index (χ1v) is 5.09. The number of carboxylic acids is 1. The zero-order valence-corrected chi connectivity index (χ0v) is 9.10. The molecule has 1 rings (SSSR count). The van der Waals surface area contributed by atoms with Crippen molar-refractivity contribution < 1.29 is 9.90 Å². The minimum atomic E-state index is -0.799. The molecule has 15 heavy (non-hydrogen) atoms. The van der Waals surface area contributed by atoms with Crippen molar-refractivity contribution in [3.8, 4) is 0 Å². The van der Waals surface area contributed by atoms with Gasteiger partial charge in [0.25, 0.3) is 0 Å². The summed E-state index contributed by atoms with van der Waals surface area (Å²) in [5.41, 5.74) is 7.51. The summed E-state index contributed by atoms with van der Waals surface area (Å²) in [6.07, 6.45) is 0. The highest BCUT2D eigenvalue weighted by Gasteiger charge is 2.14. The molecule has 2 atom stereocenters. The van der Waals surface area contributed by atoms with E-state index in [4.69, 9.17) is 10.8 Å². The molecule has 0 bridgehead atoms. The quantitative estimate of drug-likeness (QED) is 0.793. The van der Waals surface area contributed by atoms with Crippen LogP contribution < -0.4 is 5.73 Å². The van der Waals surface area contributed by atoms with Gasteiger partial charge in [-0.15, -0.1) is 0 Å². The van der Waals surface area contributed by atoms with Crippen LogP contribution in [0.3, 0.4) is 0 Å². The highest BCUT2D eigenvalue weighted by molar-refractivity contribution is 5.75. The Labute approximate surface area is 89.9 Å². The lowest BCUT2D eigenvalue weighted by molar-refractivity contribution is -0.138. The van der Waals surface area contributed by atoms with Crippen molar-refractivity contribution in [1.29, 1.82) is 0 Å². The lowest BCUT2D eigenvalue weighted by Crippen LogP contribution is -2.11. The van der Waals surface area contributed by atoms with Gasteiger partial charge in [-0.05, 0) is 30.5 Å². The van der Waals surface area contributed by atoms with E-state index in [0.717, 1.165) is 11.1 Å². The van der Waals surface area contributed by atoms with Crippen molar-refractivity contribution >= 4 is 5.97 Å². The summed E-state index contributed by atoms with van der Waals surface area (Å²) in [7, 11) is 0. The van der Waals surface area contributed by atoms with E-state index in [0.29, 0.717) is 6.54 Å². The van der Waals surface area contributed by atoms with Gasteiger partial charge < -0.3 is 10.8 Å². The van der Waals surface area contributed by atoms with Crippen LogP contribution in [0, 0.1) is 0 Å². The number of carbonyl (C=O) groups is 1. The number of rotatable bonds is 4. The van der Waals surface area contributed by atoms with Gasteiger partial charge >= 0.3 is 5.97 Å². The molecule has 0 spiro atoms. The third kappa shape index (κ3) is 2.80. The first-order chi connectivity index (χ1) is 7.06. The molecule has 0 amide bonds. The highest BCUT2D eigenvalue weighted by atomic mass is 16.4. The van der Waals surface area contributed by atoms with Crippen molar-refractivity contribution in [2.24, 2.45) is 5.73 Å². The predicted octanol–water partition coefficient (Wildman–Crippen LogP) is 1.94. The molecular weight excluding hydrogens is 190 g/mol. The molecule has 3 heteroatoms. The van der Waals surface area contributed by atoms with Gasteiger partial charge in [0.15, 0.2) is 0 Å². The summed E-state index contributed by atoms with van der Waals surface area (Å²) in [4.78, 5) is 10.8. The van der Waals surface area contributed by atoms with Gasteiger partial charge in [-0.3, -0.25) is 4.79 Å². The monoisotopic (exact) mass is 207 g/mol. The summed E-state index contributed by atoms with van der Waals surface area (Å²) in [5.74, 6) is -0.992. The smallest absolute Gasteiger partial charge is 0.310 e. The molecule has 82 valence electrons. The largest absolute Gasteiger partial charge is 0.481 e. The van der Waals surface area contributed by atoms with Crippen LogP contribution in [0.1, 0.15) is 36.8 Å². The highest BCUT2D eigenvalue weighted by Crippen LogP contribution is 2.21. The maximum absolute atomic E-state index is 10.8. The van der Waals surface area contributed by atoms with Gasteiger partial charge in [0, 0.05) is 0 Å². The van der Waals surface area contributed by atoms with E-state index in [9.17, 15) is 4.79 Å². The molecular formula is C12H17NO2. The maximum Gasteiger partial charge on any atom is 0.310 e. The van der Waals surface area contributed by atoms with Crippen LogP contribution >= 0.6 is 0 Å². The minimum absolute atomic E-state index is 0.269. The van der Waals surface area contributed by atoms with Crippen LogP contribution in [-0.2, 0) is 4.79 Å². The Morgan fingerprint density at radius 3 is 2.53 bits per heavy atom. The molecule has 0 saturated carbocycles. The number of carboxylic acid groups (broad SMARTS) is 1. The summed E-state index contributed by atoms with van der Waals surface area (Å²) in [6, 6.07) is 7.63. The molecule has 3 N–H and O–H groups in total. The average Bonchev–Trinajstić information content (AvgIpc) is 2.27. The Kier molecular flexibility index (Phi) is 3.86.